The van der Waals surface area contributed by atoms with Crippen LogP contribution >= 0.6 is 0 Å². The summed E-state index contributed by atoms with van der Waals surface area (Å²) in [6, 6.07) is 10.2. The molecule has 1 aromatic rings. The highest BCUT2D eigenvalue weighted by Crippen LogP contribution is 2.25. The first-order valence-electron chi connectivity index (χ1n) is 6.36. The second-order valence-corrected chi connectivity index (χ2v) is 4.51. The van der Waals surface area contributed by atoms with Crippen LogP contribution in [0.15, 0.2) is 30.3 Å². The number of hydrogen-bond acceptors (Lipinski definition) is 3. The molecule has 2 rings (SSSR count). The van der Waals surface area contributed by atoms with Gasteiger partial charge in [-0.25, -0.2) is 0 Å². The molecule has 0 spiro atoms. The van der Waals surface area contributed by atoms with Gasteiger partial charge < -0.3 is 9.64 Å². The molecule has 0 aromatic heterocycles. The van der Waals surface area contributed by atoms with E-state index in [-0.39, 0.29) is 18.1 Å². The standard InChI is InChI=1S/C14H20N2O2/c1-3-12(10-18-2)16-13(17)9-15-14(16)11-7-5-4-6-8-11/h4-8,12,14-15H,3,9-10H2,1-2H3. The van der Waals surface area contributed by atoms with Gasteiger partial charge in [-0.1, -0.05) is 37.3 Å². The van der Waals surface area contributed by atoms with E-state index in [1.54, 1.807) is 7.11 Å². The highest BCUT2D eigenvalue weighted by Gasteiger charge is 2.35. The summed E-state index contributed by atoms with van der Waals surface area (Å²) >= 11 is 0. The van der Waals surface area contributed by atoms with Crippen molar-refractivity contribution in [2.24, 2.45) is 0 Å². The second-order valence-electron chi connectivity index (χ2n) is 4.51. The van der Waals surface area contributed by atoms with E-state index in [2.05, 4.69) is 12.2 Å². The summed E-state index contributed by atoms with van der Waals surface area (Å²) in [5.74, 6) is 0.146. The largest absolute Gasteiger partial charge is 0.383 e. The van der Waals surface area contributed by atoms with E-state index in [0.29, 0.717) is 13.2 Å². The molecule has 0 saturated carbocycles. The minimum atomic E-state index is -0.0289. The van der Waals surface area contributed by atoms with Crippen molar-refractivity contribution in [1.82, 2.24) is 10.2 Å². The molecule has 98 valence electrons. The number of benzene rings is 1. The molecule has 1 saturated heterocycles. The fourth-order valence-corrected chi connectivity index (χ4v) is 2.43. The number of amides is 1. The minimum absolute atomic E-state index is 0.0289. The number of rotatable bonds is 5. The Morgan fingerprint density at radius 1 is 1.44 bits per heavy atom. The number of nitrogens with one attached hydrogen (secondary N) is 1. The SMILES string of the molecule is CCC(COC)N1C(=O)CNC1c1ccccc1. The molecule has 1 aliphatic rings. The van der Waals surface area contributed by atoms with Crippen molar-refractivity contribution in [3.63, 3.8) is 0 Å². The normalized spacial score (nSPS) is 21.3. The molecule has 0 aliphatic carbocycles. The first-order valence-corrected chi connectivity index (χ1v) is 6.36. The van der Waals surface area contributed by atoms with Gasteiger partial charge in [-0.2, -0.15) is 0 Å². The predicted octanol–water partition coefficient (Wildman–Crippen LogP) is 1.54. The monoisotopic (exact) mass is 248 g/mol. The molecule has 1 heterocycles. The Morgan fingerprint density at radius 3 is 2.78 bits per heavy atom. The second kappa shape index (κ2) is 5.98. The lowest BCUT2D eigenvalue weighted by atomic mass is 10.1. The van der Waals surface area contributed by atoms with Crippen LogP contribution in [0.5, 0.6) is 0 Å². The van der Waals surface area contributed by atoms with Gasteiger partial charge in [0.1, 0.15) is 6.17 Å². The molecule has 1 N–H and O–H groups in total. The third kappa shape index (κ3) is 2.54. The number of carbonyl (C=O) groups excluding carboxylic acids is 1. The average molecular weight is 248 g/mol. The fraction of sp³-hybridized carbons (Fsp3) is 0.500. The lowest BCUT2D eigenvalue weighted by Crippen LogP contribution is -2.41. The van der Waals surface area contributed by atoms with Crippen LogP contribution in [0.25, 0.3) is 0 Å². The Bertz CT molecular complexity index is 394. The van der Waals surface area contributed by atoms with Crippen molar-refractivity contribution in [1.29, 1.82) is 0 Å². The zero-order valence-corrected chi connectivity index (χ0v) is 10.9. The molecule has 4 nitrogen and oxygen atoms in total. The summed E-state index contributed by atoms with van der Waals surface area (Å²) in [4.78, 5) is 14.0. The number of carbonyl (C=O) groups is 1. The third-order valence-electron chi connectivity index (χ3n) is 3.35. The van der Waals surface area contributed by atoms with Crippen molar-refractivity contribution >= 4 is 5.91 Å². The van der Waals surface area contributed by atoms with Crippen LogP contribution in [-0.4, -0.2) is 37.1 Å². The zero-order chi connectivity index (χ0) is 13.0. The molecule has 1 aliphatic heterocycles. The van der Waals surface area contributed by atoms with Crippen molar-refractivity contribution < 1.29 is 9.53 Å². The Hall–Kier alpha value is -1.39. The molecule has 2 atom stereocenters. The molecule has 0 radical (unpaired) electrons. The Labute approximate surface area is 108 Å². The van der Waals surface area contributed by atoms with E-state index in [4.69, 9.17) is 4.74 Å². The van der Waals surface area contributed by atoms with Gasteiger partial charge >= 0.3 is 0 Å². The molecular weight excluding hydrogens is 228 g/mol. The summed E-state index contributed by atoms with van der Waals surface area (Å²) in [7, 11) is 1.67. The molecular formula is C14H20N2O2. The topological polar surface area (TPSA) is 41.6 Å². The van der Waals surface area contributed by atoms with E-state index < -0.39 is 0 Å². The van der Waals surface area contributed by atoms with E-state index in [1.807, 2.05) is 35.2 Å². The van der Waals surface area contributed by atoms with Gasteiger partial charge in [0.2, 0.25) is 5.91 Å². The minimum Gasteiger partial charge on any atom is -0.383 e. The highest BCUT2D eigenvalue weighted by atomic mass is 16.5. The summed E-state index contributed by atoms with van der Waals surface area (Å²) in [5.41, 5.74) is 1.12. The maximum Gasteiger partial charge on any atom is 0.238 e. The van der Waals surface area contributed by atoms with Crippen LogP contribution in [0, 0.1) is 0 Å². The first kappa shape index (κ1) is 13.1. The predicted molar refractivity (Wildman–Crippen MR) is 70.0 cm³/mol. The number of nitrogens with zero attached hydrogens (tertiary/aromatic N) is 1. The smallest absolute Gasteiger partial charge is 0.238 e. The number of methoxy groups -OCH3 is 1. The van der Waals surface area contributed by atoms with E-state index in [0.717, 1.165) is 12.0 Å². The molecule has 0 bridgehead atoms. The quantitative estimate of drug-likeness (QED) is 0.859. The summed E-state index contributed by atoms with van der Waals surface area (Å²) in [6.07, 6.45) is 0.865. The first-order chi connectivity index (χ1) is 8.77. The molecule has 1 fully saturated rings. The average Bonchev–Trinajstić information content (AvgIpc) is 2.79. The van der Waals surface area contributed by atoms with Gasteiger partial charge in [0.25, 0.3) is 0 Å². The van der Waals surface area contributed by atoms with Crippen LogP contribution < -0.4 is 5.32 Å². The number of ether oxygens (including phenoxy) is 1. The molecule has 2 unspecified atom stereocenters. The van der Waals surface area contributed by atoms with E-state index >= 15 is 0 Å². The van der Waals surface area contributed by atoms with E-state index in [9.17, 15) is 4.79 Å². The van der Waals surface area contributed by atoms with Crippen LogP contribution in [0.4, 0.5) is 0 Å². The van der Waals surface area contributed by atoms with Gasteiger partial charge in [0, 0.05) is 7.11 Å². The Morgan fingerprint density at radius 2 is 2.17 bits per heavy atom. The van der Waals surface area contributed by atoms with Gasteiger partial charge in [-0.3, -0.25) is 10.1 Å². The maximum absolute atomic E-state index is 12.0. The lowest BCUT2D eigenvalue weighted by molar-refractivity contribution is -0.131. The van der Waals surface area contributed by atoms with Crippen LogP contribution in [0.2, 0.25) is 0 Å². The lowest BCUT2D eigenvalue weighted by Gasteiger charge is -2.32. The molecule has 1 aromatic carbocycles. The summed E-state index contributed by atoms with van der Waals surface area (Å²) in [6.45, 7) is 3.06. The van der Waals surface area contributed by atoms with Crippen molar-refractivity contribution in [2.75, 3.05) is 20.3 Å². The molecule has 1 amide bonds. The van der Waals surface area contributed by atoms with Gasteiger partial charge in [0.05, 0.1) is 19.2 Å². The molecule has 18 heavy (non-hydrogen) atoms. The van der Waals surface area contributed by atoms with Crippen LogP contribution in [-0.2, 0) is 9.53 Å². The van der Waals surface area contributed by atoms with Crippen molar-refractivity contribution in [3.8, 4) is 0 Å². The Kier molecular flexibility index (Phi) is 4.33. The van der Waals surface area contributed by atoms with Gasteiger partial charge in [-0.15, -0.1) is 0 Å². The van der Waals surface area contributed by atoms with Gasteiger partial charge in [0.15, 0.2) is 0 Å². The fourth-order valence-electron chi connectivity index (χ4n) is 2.43. The summed E-state index contributed by atoms with van der Waals surface area (Å²) in [5, 5.41) is 3.27. The highest BCUT2D eigenvalue weighted by molar-refractivity contribution is 5.81. The van der Waals surface area contributed by atoms with Crippen LogP contribution in [0.1, 0.15) is 25.1 Å². The van der Waals surface area contributed by atoms with Crippen molar-refractivity contribution in [3.05, 3.63) is 35.9 Å². The van der Waals surface area contributed by atoms with Crippen molar-refractivity contribution in [2.45, 2.75) is 25.6 Å². The zero-order valence-electron chi connectivity index (χ0n) is 10.9. The Balaban J connectivity index is 2.22. The maximum atomic E-state index is 12.0. The van der Waals surface area contributed by atoms with Gasteiger partial charge in [-0.05, 0) is 12.0 Å². The third-order valence-corrected chi connectivity index (χ3v) is 3.35. The number of hydrogen-bond donors (Lipinski definition) is 1. The molecule has 4 heteroatoms. The van der Waals surface area contributed by atoms with Crippen LogP contribution in [0.3, 0.4) is 0 Å². The summed E-state index contributed by atoms with van der Waals surface area (Å²) < 4.78 is 5.22. The van der Waals surface area contributed by atoms with E-state index in [1.165, 1.54) is 0 Å².